The summed E-state index contributed by atoms with van der Waals surface area (Å²) < 4.78 is 10.3. The molecule has 22 heavy (non-hydrogen) atoms. The second kappa shape index (κ2) is 8.81. The smallest absolute Gasteiger partial charge is 0.311 e. The zero-order valence-electron chi connectivity index (χ0n) is 13.4. The first-order valence-electron chi connectivity index (χ1n) is 7.10. The SMILES string of the molecule is CCOC(=O)C/C(C)=N/NC(=O)COc1cc(C)ccc1C. The Bertz CT molecular complexity index is 567. The van der Waals surface area contributed by atoms with Crippen molar-refractivity contribution >= 4 is 17.6 Å². The zero-order chi connectivity index (χ0) is 16.5. The van der Waals surface area contributed by atoms with E-state index >= 15 is 0 Å². The van der Waals surface area contributed by atoms with E-state index < -0.39 is 0 Å². The Morgan fingerprint density at radius 3 is 2.68 bits per heavy atom. The number of amides is 1. The largest absolute Gasteiger partial charge is 0.483 e. The molecule has 0 atom stereocenters. The molecule has 6 nitrogen and oxygen atoms in total. The van der Waals surface area contributed by atoms with Crippen LogP contribution in [0.15, 0.2) is 23.3 Å². The van der Waals surface area contributed by atoms with Gasteiger partial charge >= 0.3 is 5.97 Å². The molecule has 1 N–H and O–H groups in total. The molecule has 0 heterocycles. The normalized spacial score (nSPS) is 11.0. The van der Waals surface area contributed by atoms with E-state index in [1.807, 2.05) is 32.0 Å². The summed E-state index contributed by atoms with van der Waals surface area (Å²) in [6, 6.07) is 5.79. The molecule has 1 amide bonds. The standard InChI is InChI=1S/C16H22N2O4/c1-5-21-16(20)9-13(4)17-18-15(19)10-22-14-8-11(2)6-7-12(14)3/h6-8H,5,9-10H2,1-4H3,(H,18,19)/b17-13+. The Morgan fingerprint density at radius 2 is 2.00 bits per heavy atom. The van der Waals surface area contributed by atoms with Crippen LogP contribution < -0.4 is 10.2 Å². The van der Waals surface area contributed by atoms with Gasteiger partial charge in [-0.25, -0.2) is 5.43 Å². The van der Waals surface area contributed by atoms with Gasteiger partial charge < -0.3 is 9.47 Å². The first-order chi connectivity index (χ1) is 10.4. The number of benzene rings is 1. The molecule has 0 aliphatic rings. The molecule has 0 aliphatic heterocycles. The monoisotopic (exact) mass is 306 g/mol. The number of aryl methyl sites for hydroxylation is 2. The third-order valence-electron chi connectivity index (χ3n) is 2.78. The van der Waals surface area contributed by atoms with Gasteiger partial charge in [0.15, 0.2) is 6.61 Å². The van der Waals surface area contributed by atoms with E-state index in [0.29, 0.717) is 18.1 Å². The molecular weight excluding hydrogens is 284 g/mol. The number of ether oxygens (including phenoxy) is 2. The van der Waals surface area contributed by atoms with Gasteiger partial charge in [-0.2, -0.15) is 5.10 Å². The Labute approximate surface area is 130 Å². The highest BCUT2D eigenvalue weighted by Crippen LogP contribution is 2.18. The van der Waals surface area contributed by atoms with Crippen molar-refractivity contribution in [2.45, 2.75) is 34.1 Å². The van der Waals surface area contributed by atoms with Crippen molar-refractivity contribution in [2.75, 3.05) is 13.2 Å². The van der Waals surface area contributed by atoms with E-state index in [4.69, 9.17) is 9.47 Å². The van der Waals surface area contributed by atoms with Crippen LogP contribution in [0, 0.1) is 13.8 Å². The summed E-state index contributed by atoms with van der Waals surface area (Å²) in [5.41, 5.74) is 4.84. The fourth-order valence-electron chi connectivity index (χ4n) is 1.66. The molecule has 1 rings (SSSR count). The number of carbonyl (C=O) groups is 2. The molecule has 0 spiro atoms. The van der Waals surface area contributed by atoms with Gasteiger partial charge in [-0.15, -0.1) is 0 Å². The predicted molar refractivity (Wildman–Crippen MR) is 83.9 cm³/mol. The molecule has 6 heteroatoms. The summed E-state index contributed by atoms with van der Waals surface area (Å²) >= 11 is 0. The van der Waals surface area contributed by atoms with Crippen LogP contribution in [-0.2, 0) is 14.3 Å². The highest BCUT2D eigenvalue weighted by Gasteiger charge is 2.07. The van der Waals surface area contributed by atoms with Crippen LogP contribution in [-0.4, -0.2) is 30.8 Å². The summed E-state index contributed by atoms with van der Waals surface area (Å²) in [6.07, 6.45) is 0.0476. The molecule has 0 fully saturated rings. The van der Waals surface area contributed by atoms with Gasteiger partial charge in [0.25, 0.3) is 5.91 Å². The highest BCUT2D eigenvalue weighted by molar-refractivity contribution is 5.98. The van der Waals surface area contributed by atoms with Crippen molar-refractivity contribution in [2.24, 2.45) is 5.10 Å². The third-order valence-corrected chi connectivity index (χ3v) is 2.78. The summed E-state index contributed by atoms with van der Waals surface area (Å²) in [5.74, 6) is -0.0869. The molecule has 0 saturated heterocycles. The number of nitrogens with zero attached hydrogens (tertiary/aromatic N) is 1. The number of hydrogen-bond acceptors (Lipinski definition) is 5. The quantitative estimate of drug-likeness (QED) is 0.475. The van der Waals surface area contributed by atoms with Gasteiger partial charge in [0.2, 0.25) is 0 Å². The van der Waals surface area contributed by atoms with E-state index in [1.165, 1.54) is 0 Å². The third kappa shape index (κ3) is 6.39. The second-order valence-electron chi connectivity index (χ2n) is 4.92. The minimum absolute atomic E-state index is 0.0476. The molecule has 0 radical (unpaired) electrons. The van der Waals surface area contributed by atoms with Crippen LogP contribution in [0.2, 0.25) is 0 Å². The fraction of sp³-hybridized carbons (Fsp3) is 0.438. The van der Waals surface area contributed by atoms with Crippen molar-refractivity contribution in [3.63, 3.8) is 0 Å². The van der Waals surface area contributed by atoms with Crippen molar-refractivity contribution in [3.05, 3.63) is 29.3 Å². The van der Waals surface area contributed by atoms with Gasteiger partial charge in [-0.3, -0.25) is 9.59 Å². The van der Waals surface area contributed by atoms with Crippen LogP contribution in [0.25, 0.3) is 0 Å². The molecule has 1 aromatic carbocycles. The zero-order valence-corrected chi connectivity index (χ0v) is 13.4. The second-order valence-corrected chi connectivity index (χ2v) is 4.92. The number of hydrogen-bond donors (Lipinski definition) is 1. The van der Waals surface area contributed by atoms with E-state index in [-0.39, 0.29) is 24.9 Å². The van der Waals surface area contributed by atoms with Crippen molar-refractivity contribution in [3.8, 4) is 5.75 Å². The maximum absolute atomic E-state index is 11.7. The van der Waals surface area contributed by atoms with Gasteiger partial charge in [0, 0.05) is 5.71 Å². The van der Waals surface area contributed by atoms with E-state index in [1.54, 1.807) is 13.8 Å². The minimum Gasteiger partial charge on any atom is -0.483 e. The van der Waals surface area contributed by atoms with Gasteiger partial charge in [-0.1, -0.05) is 12.1 Å². The molecule has 0 saturated carbocycles. The van der Waals surface area contributed by atoms with E-state index in [2.05, 4.69) is 10.5 Å². The Morgan fingerprint density at radius 1 is 1.27 bits per heavy atom. The van der Waals surface area contributed by atoms with Crippen molar-refractivity contribution in [1.29, 1.82) is 0 Å². The predicted octanol–water partition coefficient (Wildman–Crippen LogP) is 2.13. The number of carbonyl (C=O) groups excluding carboxylic acids is 2. The Hall–Kier alpha value is -2.37. The van der Waals surface area contributed by atoms with Gasteiger partial charge in [0.05, 0.1) is 13.0 Å². The molecule has 120 valence electrons. The van der Waals surface area contributed by atoms with Crippen LogP contribution in [0.4, 0.5) is 0 Å². The van der Waals surface area contributed by atoms with Crippen LogP contribution in [0.5, 0.6) is 5.75 Å². The average Bonchev–Trinajstić information content (AvgIpc) is 2.46. The molecule has 1 aromatic rings. The maximum Gasteiger partial charge on any atom is 0.311 e. The van der Waals surface area contributed by atoms with Crippen LogP contribution in [0.3, 0.4) is 0 Å². The molecular formula is C16H22N2O4. The number of hydrazone groups is 1. The summed E-state index contributed by atoms with van der Waals surface area (Å²) in [6.45, 7) is 7.42. The number of esters is 1. The first kappa shape index (κ1) is 17.7. The summed E-state index contributed by atoms with van der Waals surface area (Å²) in [4.78, 5) is 22.9. The maximum atomic E-state index is 11.7. The van der Waals surface area contributed by atoms with E-state index in [0.717, 1.165) is 11.1 Å². The highest BCUT2D eigenvalue weighted by atomic mass is 16.5. The number of nitrogens with one attached hydrogen (secondary N) is 1. The van der Waals surface area contributed by atoms with Gasteiger partial charge in [0.1, 0.15) is 5.75 Å². The minimum atomic E-state index is -0.385. The summed E-state index contributed by atoms with van der Waals surface area (Å²) in [7, 11) is 0. The molecule has 0 aromatic heterocycles. The topological polar surface area (TPSA) is 77.0 Å². The lowest BCUT2D eigenvalue weighted by atomic mass is 10.1. The number of rotatable bonds is 7. The fourth-order valence-corrected chi connectivity index (χ4v) is 1.66. The summed E-state index contributed by atoms with van der Waals surface area (Å²) in [5, 5.41) is 3.83. The Balaban J connectivity index is 2.43. The van der Waals surface area contributed by atoms with Crippen molar-refractivity contribution in [1.82, 2.24) is 5.43 Å². The first-order valence-corrected chi connectivity index (χ1v) is 7.10. The van der Waals surface area contributed by atoms with Gasteiger partial charge in [-0.05, 0) is 44.9 Å². The lowest BCUT2D eigenvalue weighted by Gasteiger charge is -2.09. The Kier molecular flexibility index (Phi) is 7.08. The van der Waals surface area contributed by atoms with Crippen LogP contribution >= 0.6 is 0 Å². The molecule has 0 aliphatic carbocycles. The van der Waals surface area contributed by atoms with Crippen LogP contribution in [0.1, 0.15) is 31.4 Å². The van der Waals surface area contributed by atoms with Crippen molar-refractivity contribution < 1.29 is 19.1 Å². The molecule has 0 unspecified atom stereocenters. The van der Waals surface area contributed by atoms with E-state index in [9.17, 15) is 9.59 Å². The lowest BCUT2D eigenvalue weighted by molar-refractivity contribution is -0.141. The lowest BCUT2D eigenvalue weighted by Crippen LogP contribution is -2.26. The molecule has 0 bridgehead atoms. The average molecular weight is 306 g/mol.